The first-order valence-electron chi connectivity index (χ1n) is 5.29. The maximum atomic E-state index is 10.9. The molecule has 5 heteroatoms. The minimum atomic E-state index is -1.02. The molecular weight excluding hydrogens is 244 g/mol. The van der Waals surface area contributed by atoms with Gasteiger partial charge in [0, 0.05) is 18.7 Å². The Labute approximate surface area is 105 Å². The molecule has 0 amide bonds. The van der Waals surface area contributed by atoms with E-state index in [0.717, 1.165) is 12.8 Å². The summed E-state index contributed by atoms with van der Waals surface area (Å²) in [7, 11) is 1.64. The lowest BCUT2D eigenvalue weighted by Gasteiger charge is -2.09. The van der Waals surface area contributed by atoms with E-state index in [1.54, 1.807) is 7.11 Å². The first-order chi connectivity index (χ1) is 8.15. The molecule has 0 bridgehead atoms. The van der Waals surface area contributed by atoms with Crippen LogP contribution in [0.5, 0.6) is 5.75 Å². The van der Waals surface area contributed by atoms with Crippen molar-refractivity contribution in [3.63, 3.8) is 0 Å². The molecule has 0 spiro atoms. The summed E-state index contributed by atoms with van der Waals surface area (Å²) in [5, 5.41) is 9.41. The SMILES string of the molecule is COCCCCOc1cc(Cl)ccc1C(=O)O. The Morgan fingerprint density at radius 3 is 2.71 bits per heavy atom. The van der Waals surface area contributed by atoms with Crippen molar-refractivity contribution >= 4 is 17.6 Å². The number of carboxylic acid groups (broad SMARTS) is 1. The van der Waals surface area contributed by atoms with E-state index in [1.165, 1.54) is 18.2 Å². The van der Waals surface area contributed by atoms with Crippen LogP contribution in [0.4, 0.5) is 0 Å². The minimum absolute atomic E-state index is 0.126. The Morgan fingerprint density at radius 2 is 2.06 bits per heavy atom. The summed E-state index contributed by atoms with van der Waals surface area (Å²) in [5.41, 5.74) is 0.126. The van der Waals surface area contributed by atoms with Crippen LogP contribution >= 0.6 is 11.6 Å². The smallest absolute Gasteiger partial charge is 0.339 e. The fraction of sp³-hybridized carbons (Fsp3) is 0.417. The zero-order valence-electron chi connectivity index (χ0n) is 9.61. The summed E-state index contributed by atoms with van der Waals surface area (Å²) < 4.78 is 10.3. The average Bonchev–Trinajstić information content (AvgIpc) is 2.28. The number of hydrogen-bond donors (Lipinski definition) is 1. The first-order valence-corrected chi connectivity index (χ1v) is 5.67. The van der Waals surface area contributed by atoms with Crippen LogP contribution < -0.4 is 4.74 Å². The molecule has 0 saturated carbocycles. The third kappa shape index (κ3) is 4.63. The summed E-state index contributed by atoms with van der Waals surface area (Å²) in [4.78, 5) is 10.9. The van der Waals surface area contributed by atoms with Crippen molar-refractivity contribution in [2.45, 2.75) is 12.8 Å². The van der Waals surface area contributed by atoms with Gasteiger partial charge in [0.1, 0.15) is 11.3 Å². The fourth-order valence-electron chi connectivity index (χ4n) is 1.32. The van der Waals surface area contributed by atoms with Crippen LogP contribution in [0, 0.1) is 0 Å². The highest BCUT2D eigenvalue weighted by Gasteiger charge is 2.11. The van der Waals surface area contributed by atoms with Crippen molar-refractivity contribution in [3.05, 3.63) is 28.8 Å². The number of hydrogen-bond acceptors (Lipinski definition) is 3. The second-order valence-electron chi connectivity index (χ2n) is 3.49. The van der Waals surface area contributed by atoms with Gasteiger partial charge in [-0.2, -0.15) is 0 Å². The Balaban J connectivity index is 2.56. The summed E-state index contributed by atoms with van der Waals surface area (Å²) in [6.07, 6.45) is 1.68. The van der Waals surface area contributed by atoms with Crippen LogP contribution in [-0.2, 0) is 4.74 Å². The molecule has 1 aromatic rings. The van der Waals surface area contributed by atoms with Crippen molar-refractivity contribution in [3.8, 4) is 5.75 Å². The molecule has 0 radical (unpaired) electrons. The van der Waals surface area contributed by atoms with Crippen LogP contribution in [-0.4, -0.2) is 31.4 Å². The van der Waals surface area contributed by atoms with Crippen molar-refractivity contribution in [1.29, 1.82) is 0 Å². The van der Waals surface area contributed by atoms with Crippen molar-refractivity contribution in [1.82, 2.24) is 0 Å². The van der Waals surface area contributed by atoms with Gasteiger partial charge >= 0.3 is 5.97 Å². The van der Waals surface area contributed by atoms with E-state index in [-0.39, 0.29) is 5.56 Å². The minimum Gasteiger partial charge on any atom is -0.493 e. The Kier molecular flexibility index (Phi) is 5.80. The van der Waals surface area contributed by atoms with Gasteiger partial charge in [0.2, 0.25) is 0 Å². The molecule has 0 saturated heterocycles. The summed E-state index contributed by atoms with van der Waals surface area (Å²) in [6.45, 7) is 1.12. The number of carbonyl (C=O) groups is 1. The van der Waals surface area contributed by atoms with Gasteiger partial charge in [-0.25, -0.2) is 4.79 Å². The van der Waals surface area contributed by atoms with Crippen LogP contribution in [0.2, 0.25) is 5.02 Å². The number of benzene rings is 1. The van der Waals surface area contributed by atoms with Crippen molar-refractivity contribution in [2.75, 3.05) is 20.3 Å². The molecule has 1 aromatic carbocycles. The number of halogens is 1. The topological polar surface area (TPSA) is 55.8 Å². The van der Waals surface area contributed by atoms with Gasteiger partial charge in [-0.15, -0.1) is 0 Å². The van der Waals surface area contributed by atoms with E-state index in [0.29, 0.717) is 24.0 Å². The number of methoxy groups -OCH3 is 1. The second kappa shape index (κ2) is 7.14. The maximum Gasteiger partial charge on any atom is 0.339 e. The highest BCUT2D eigenvalue weighted by atomic mass is 35.5. The van der Waals surface area contributed by atoms with Crippen LogP contribution in [0.25, 0.3) is 0 Å². The molecule has 4 nitrogen and oxygen atoms in total. The number of aromatic carboxylic acids is 1. The molecular formula is C12H15ClO4. The van der Waals surface area contributed by atoms with E-state index < -0.39 is 5.97 Å². The third-order valence-corrected chi connectivity index (χ3v) is 2.41. The zero-order chi connectivity index (χ0) is 12.7. The van der Waals surface area contributed by atoms with Crippen LogP contribution in [0.3, 0.4) is 0 Å². The number of rotatable bonds is 7. The Bertz CT molecular complexity index is 379. The molecule has 0 aliphatic heterocycles. The van der Waals surface area contributed by atoms with Gasteiger partial charge in [0.15, 0.2) is 0 Å². The average molecular weight is 259 g/mol. The van der Waals surface area contributed by atoms with Gasteiger partial charge in [-0.1, -0.05) is 11.6 Å². The monoisotopic (exact) mass is 258 g/mol. The summed E-state index contributed by atoms with van der Waals surface area (Å²) in [5.74, 6) is -0.712. The predicted molar refractivity (Wildman–Crippen MR) is 65.0 cm³/mol. The van der Waals surface area contributed by atoms with Gasteiger partial charge in [0.05, 0.1) is 6.61 Å². The van der Waals surface area contributed by atoms with Gasteiger partial charge in [-0.05, 0) is 31.0 Å². The normalized spacial score (nSPS) is 10.2. The largest absolute Gasteiger partial charge is 0.493 e. The number of ether oxygens (including phenoxy) is 2. The van der Waals surface area contributed by atoms with Crippen LogP contribution in [0.1, 0.15) is 23.2 Å². The Morgan fingerprint density at radius 1 is 1.35 bits per heavy atom. The van der Waals surface area contributed by atoms with E-state index >= 15 is 0 Å². The molecule has 0 atom stereocenters. The molecule has 0 aliphatic rings. The zero-order valence-corrected chi connectivity index (χ0v) is 10.4. The summed E-state index contributed by atoms with van der Waals surface area (Å²) >= 11 is 5.79. The maximum absolute atomic E-state index is 10.9. The quantitative estimate of drug-likeness (QED) is 0.764. The molecule has 1 rings (SSSR count). The lowest BCUT2D eigenvalue weighted by atomic mass is 10.2. The first kappa shape index (κ1) is 13.8. The third-order valence-electron chi connectivity index (χ3n) is 2.17. The standard InChI is InChI=1S/C12H15ClO4/c1-16-6-2-3-7-17-11-8-9(13)4-5-10(11)12(14)15/h4-5,8H,2-3,6-7H2,1H3,(H,14,15). The van der Waals surface area contributed by atoms with Gasteiger partial charge in [-0.3, -0.25) is 0 Å². The van der Waals surface area contributed by atoms with Gasteiger partial charge < -0.3 is 14.6 Å². The molecule has 17 heavy (non-hydrogen) atoms. The molecule has 0 heterocycles. The Hall–Kier alpha value is -1.26. The fourth-order valence-corrected chi connectivity index (χ4v) is 1.48. The lowest BCUT2D eigenvalue weighted by molar-refractivity contribution is 0.0692. The molecule has 94 valence electrons. The molecule has 0 fully saturated rings. The van der Waals surface area contributed by atoms with E-state index in [2.05, 4.69) is 0 Å². The van der Waals surface area contributed by atoms with Crippen molar-refractivity contribution in [2.24, 2.45) is 0 Å². The highest BCUT2D eigenvalue weighted by Crippen LogP contribution is 2.23. The van der Waals surface area contributed by atoms with Crippen molar-refractivity contribution < 1.29 is 19.4 Å². The molecule has 0 aromatic heterocycles. The lowest BCUT2D eigenvalue weighted by Crippen LogP contribution is -2.05. The highest BCUT2D eigenvalue weighted by molar-refractivity contribution is 6.30. The molecule has 0 aliphatic carbocycles. The second-order valence-corrected chi connectivity index (χ2v) is 3.93. The van der Waals surface area contributed by atoms with E-state index in [9.17, 15) is 4.79 Å². The molecule has 0 unspecified atom stereocenters. The van der Waals surface area contributed by atoms with E-state index in [1.807, 2.05) is 0 Å². The predicted octanol–water partition coefficient (Wildman–Crippen LogP) is 2.84. The van der Waals surface area contributed by atoms with Crippen LogP contribution in [0.15, 0.2) is 18.2 Å². The number of carboxylic acids is 1. The van der Waals surface area contributed by atoms with Gasteiger partial charge in [0.25, 0.3) is 0 Å². The summed E-state index contributed by atoms with van der Waals surface area (Å²) in [6, 6.07) is 4.49. The number of unbranched alkanes of at least 4 members (excludes halogenated alkanes) is 1. The van der Waals surface area contributed by atoms with E-state index in [4.69, 9.17) is 26.2 Å². The molecule has 1 N–H and O–H groups in total.